The molecule has 1 aromatic carbocycles. The predicted octanol–water partition coefficient (Wildman–Crippen LogP) is 0.300. The van der Waals surface area contributed by atoms with Crippen LogP contribution in [-0.4, -0.2) is 79.9 Å². The number of likely N-dealkylation sites (N-methyl/N-ethyl adjacent to an activating group) is 2. The van der Waals surface area contributed by atoms with E-state index in [1.165, 1.54) is 18.9 Å². The van der Waals surface area contributed by atoms with E-state index in [0.29, 0.717) is 0 Å². The lowest BCUT2D eigenvalue weighted by molar-refractivity contribution is -0.156. The van der Waals surface area contributed by atoms with Gasteiger partial charge in [-0.2, -0.15) is 0 Å². The van der Waals surface area contributed by atoms with Crippen LogP contribution in [0.25, 0.3) is 0 Å². The predicted molar refractivity (Wildman–Crippen MR) is 109 cm³/mol. The third-order valence-corrected chi connectivity index (χ3v) is 4.68. The highest BCUT2D eigenvalue weighted by atomic mass is 19.1. The molecule has 0 radical (unpaired) electrons. The molecule has 0 bridgehead atoms. The summed E-state index contributed by atoms with van der Waals surface area (Å²) < 4.78 is 34.7. The zero-order valence-corrected chi connectivity index (χ0v) is 17.9. The number of ether oxygens (including phenoxy) is 1. The largest absolute Gasteiger partial charge is 0.474 e. The molecule has 1 aliphatic heterocycles. The van der Waals surface area contributed by atoms with E-state index in [9.17, 15) is 28.0 Å². The number of hydrogen-bond donors (Lipinski definition) is 3. The molecule has 1 aliphatic rings. The standard InChI is InChI=1S/C19H25F2N5O6/c1-4-25(6-5-23-24(3)17(28)18(29)30)16-14(20)7-12(8-15(16)21)26-10-13(32-19(26)31)9-22-11(2)27/h7-8,13,23H,4-6,9-10H2,1-3H3,(H,22,27)(H,29,30)/t13-/m0/s1. The Morgan fingerprint density at radius 2 is 1.91 bits per heavy atom. The maximum absolute atomic E-state index is 14.8. The highest BCUT2D eigenvalue weighted by Crippen LogP contribution is 2.30. The summed E-state index contributed by atoms with van der Waals surface area (Å²) in [5.41, 5.74) is 2.19. The van der Waals surface area contributed by atoms with Crippen LogP contribution in [-0.2, 0) is 19.1 Å². The Labute approximate surface area is 182 Å². The van der Waals surface area contributed by atoms with Gasteiger partial charge in [0.05, 0.1) is 18.8 Å². The lowest BCUT2D eigenvalue weighted by Crippen LogP contribution is -2.46. The maximum atomic E-state index is 14.8. The Kier molecular flexibility index (Phi) is 8.29. The topological polar surface area (TPSA) is 132 Å². The van der Waals surface area contributed by atoms with Gasteiger partial charge in [-0.25, -0.2) is 23.8 Å². The van der Waals surface area contributed by atoms with Crippen LogP contribution in [0.3, 0.4) is 0 Å². The number of carbonyl (C=O) groups excluding carboxylic acids is 3. The number of cyclic esters (lactones) is 1. The van der Waals surface area contributed by atoms with E-state index in [1.54, 1.807) is 6.92 Å². The summed E-state index contributed by atoms with van der Waals surface area (Å²) in [6, 6.07) is 2.02. The Morgan fingerprint density at radius 1 is 1.28 bits per heavy atom. The second kappa shape index (κ2) is 10.7. The number of aliphatic carboxylic acids is 1. The molecule has 0 spiro atoms. The van der Waals surface area contributed by atoms with Gasteiger partial charge in [0, 0.05) is 45.7 Å². The van der Waals surface area contributed by atoms with Crippen LogP contribution in [0.2, 0.25) is 0 Å². The van der Waals surface area contributed by atoms with Gasteiger partial charge in [-0.1, -0.05) is 0 Å². The van der Waals surface area contributed by atoms with Crippen molar-refractivity contribution < 1.29 is 37.8 Å². The first kappa shape index (κ1) is 24.8. The summed E-state index contributed by atoms with van der Waals surface area (Å²) >= 11 is 0. The number of carbonyl (C=O) groups is 4. The molecule has 1 saturated heterocycles. The lowest BCUT2D eigenvalue weighted by Gasteiger charge is -2.26. The van der Waals surface area contributed by atoms with Gasteiger partial charge in [0.1, 0.15) is 11.8 Å². The Bertz CT molecular complexity index is 876. The van der Waals surface area contributed by atoms with E-state index in [4.69, 9.17) is 9.84 Å². The number of nitrogens with one attached hydrogen (secondary N) is 2. The van der Waals surface area contributed by atoms with E-state index in [-0.39, 0.29) is 50.0 Å². The van der Waals surface area contributed by atoms with Crippen LogP contribution in [0.15, 0.2) is 12.1 Å². The molecular formula is C19H25F2N5O6. The van der Waals surface area contributed by atoms with Crippen molar-refractivity contribution in [2.24, 2.45) is 0 Å². The zero-order chi connectivity index (χ0) is 24.0. The van der Waals surface area contributed by atoms with Crippen molar-refractivity contribution in [2.75, 3.05) is 49.6 Å². The highest BCUT2D eigenvalue weighted by molar-refractivity contribution is 6.31. The summed E-state index contributed by atoms with van der Waals surface area (Å²) in [4.78, 5) is 47.5. The third-order valence-electron chi connectivity index (χ3n) is 4.68. The molecule has 32 heavy (non-hydrogen) atoms. The van der Waals surface area contributed by atoms with Gasteiger partial charge in [-0.3, -0.25) is 19.5 Å². The van der Waals surface area contributed by atoms with Crippen LogP contribution in [0.5, 0.6) is 0 Å². The van der Waals surface area contributed by atoms with Crippen LogP contribution in [0.4, 0.5) is 25.0 Å². The molecule has 0 aromatic heterocycles. The fourth-order valence-corrected chi connectivity index (χ4v) is 3.10. The van der Waals surface area contributed by atoms with Crippen molar-refractivity contribution in [3.05, 3.63) is 23.8 Å². The number of hydrogen-bond acceptors (Lipinski definition) is 7. The van der Waals surface area contributed by atoms with Crippen molar-refractivity contribution in [3.63, 3.8) is 0 Å². The molecule has 3 amide bonds. The monoisotopic (exact) mass is 457 g/mol. The summed E-state index contributed by atoms with van der Waals surface area (Å²) in [5.74, 6) is -4.93. The molecular weight excluding hydrogens is 432 g/mol. The molecule has 0 saturated carbocycles. The van der Waals surface area contributed by atoms with E-state index >= 15 is 0 Å². The Balaban J connectivity index is 2.09. The van der Waals surface area contributed by atoms with E-state index in [1.807, 2.05) is 0 Å². The Morgan fingerprint density at radius 3 is 2.44 bits per heavy atom. The minimum Gasteiger partial charge on any atom is -0.474 e. The van der Waals surface area contributed by atoms with Gasteiger partial charge in [0.2, 0.25) is 5.91 Å². The maximum Gasteiger partial charge on any atom is 0.414 e. The molecule has 1 atom stereocenters. The van der Waals surface area contributed by atoms with Crippen molar-refractivity contribution >= 4 is 35.3 Å². The molecule has 1 aromatic rings. The molecule has 176 valence electrons. The quantitative estimate of drug-likeness (QED) is 0.357. The normalized spacial score (nSPS) is 15.3. The lowest BCUT2D eigenvalue weighted by atomic mass is 10.2. The van der Waals surface area contributed by atoms with Gasteiger partial charge in [-0.15, -0.1) is 0 Å². The van der Waals surface area contributed by atoms with Crippen LogP contribution in [0.1, 0.15) is 13.8 Å². The first-order valence-electron chi connectivity index (χ1n) is 9.76. The smallest absolute Gasteiger partial charge is 0.414 e. The van der Waals surface area contributed by atoms with Gasteiger partial charge in [0.25, 0.3) is 0 Å². The number of carboxylic acids is 1. The van der Waals surface area contributed by atoms with Crippen molar-refractivity contribution in [1.82, 2.24) is 15.8 Å². The SMILES string of the molecule is CCN(CCNN(C)C(=O)C(=O)O)c1c(F)cc(N2C[C@H](CNC(C)=O)OC2=O)cc1F. The molecule has 0 unspecified atom stereocenters. The number of nitrogens with zero attached hydrogens (tertiary/aromatic N) is 3. The van der Waals surface area contributed by atoms with Crippen LogP contribution in [0, 0.1) is 11.6 Å². The molecule has 2 rings (SSSR count). The second-order valence-corrected chi connectivity index (χ2v) is 6.97. The highest BCUT2D eigenvalue weighted by Gasteiger charge is 2.33. The third kappa shape index (κ3) is 6.03. The molecule has 3 N–H and O–H groups in total. The van der Waals surface area contributed by atoms with E-state index < -0.39 is 35.7 Å². The van der Waals surface area contributed by atoms with E-state index in [2.05, 4.69) is 10.7 Å². The average Bonchev–Trinajstić information content (AvgIpc) is 3.10. The molecule has 13 heteroatoms. The summed E-state index contributed by atoms with van der Waals surface area (Å²) in [6.45, 7) is 3.39. The van der Waals surface area contributed by atoms with Crippen molar-refractivity contribution in [1.29, 1.82) is 0 Å². The van der Waals surface area contributed by atoms with Crippen molar-refractivity contribution in [2.45, 2.75) is 20.0 Å². The summed E-state index contributed by atoms with van der Waals surface area (Å²) in [6.07, 6.45) is -1.43. The van der Waals surface area contributed by atoms with Gasteiger partial charge in [0.15, 0.2) is 11.6 Å². The first-order chi connectivity index (χ1) is 15.0. The Hall–Kier alpha value is -3.48. The average molecular weight is 457 g/mol. The summed E-state index contributed by atoms with van der Waals surface area (Å²) in [5, 5.41) is 11.9. The number of amides is 3. The number of halogens is 2. The molecule has 0 aliphatic carbocycles. The minimum atomic E-state index is -1.64. The number of carboxylic acid groups (broad SMARTS) is 1. The summed E-state index contributed by atoms with van der Waals surface area (Å²) in [7, 11) is 1.22. The second-order valence-electron chi connectivity index (χ2n) is 6.97. The van der Waals surface area contributed by atoms with Crippen molar-refractivity contribution in [3.8, 4) is 0 Å². The fourth-order valence-electron chi connectivity index (χ4n) is 3.10. The van der Waals surface area contributed by atoms with Crippen LogP contribution < -0.4 is 20.5 Å². The van der Waals surface area contributed by atoms with Crippen LogP contribution >= 0.6 is 0 Å². The number of hydrazine groups is 1. The number of benzene rings is 1. The molecule has 1 fully saturated rings. The fraction of sp³-hybridized carbons (Fsp3) is 0.474. The van der Waals surface area contributed by atoms with Gasteiger partial charge in [-0.05, 0) is 6.92 Å². The number of rotatable bonds is 9. The molecule has 11 nitrogen and oxygen atoms in total. The van der Waals surface area contributed by atoms with Gasteiger partial charge < -0.3 is 20.1 Å². The molecule has 1 heterocycles. The van der Waals surface area contributed by atoms with Gasteiger partial charge >= 0.3 is 18.0 Å². The van der Waals surface area contributed by atoms with E-state index in [0.717, 1.165) is 22.0 Å². The first-order valence-corrected chi connectivity index (χ1v) is 9.76. The minimum absolute atomic E-state index is 0.0166. The number of anilines is 2. The zero-order valence-electron chi connectivity index (χ0n) is 17.9.